The Morgan fingerprint density at radius 1 is 0.964 bits per heavy atom. The van der Waals surface area contributed by atoms with Crippen molar-refractivity contribution in [1.29, 1.82) is 0 Å². The van der Waals surface area contributed by atoms with Gasteiger partial charge in [-0.2, -0.15) is 13.2 Å². The summed E-state index contributed by atoms with van der Waals surface area (Å²) in [7, 11) is 0. The van der Waals surface area contributed by atoms with Crippen molar-refractivity contribution < 1.29 is 22.8 Å². The monoisotopic (exact) mass is 393 g/mol. The molecule has 0 spiro atoms. The van der Waals surface area contributed by atoms with Gasteiger partial charge in [0.25, 0.3) is 5.91 Å². The van der Waals surface area contributed by atoms with Crippen molar-refractivity contribution in [3.63, 3.8) is 0 Å². The van der Waals surface area contributed by atoms with Crippen LogP contribution in [0.1, 0.15) is 29.8 Å². The lowest BCUT2D eigenvalue weighted by molar-refractivity contribution is -0.137. The summed E-state index contributed by atoms with van der Waals surface area (Å²) in [6, 6.07) is 11.1. The molecule has 150 valence electrons. The molecule has 0 aliphatic carbocycles. The molecule has 2 rings (SSSR count). The van der Waals surface area contributed by atoms with E-state index in [-0.39, 0.29) is 18.1 Å². The first-order valence-electron chi connectivity index (χ1n) is 8.85. The van der Waals surface area contributed by atoms with Crippen LogP contribution < -0.4 is 10.6 Å². The quantitative estimate of drug-likeness (QED) is 0.740. The Bertz CT molecular complexity index is 816. The summed E-state index contributed by atoms with van der Waals surface area (Å²) < 4.78 is 37.7. The topological polar surface area (TPSA) is 61.4 Å². The summed E-state index contributed by atoms with van der Waals surface area (Å²) in [5.74, 6) is -0.582. The fourth-order valence-electron chi connectivity index (χ4n) is 2.63. The van der Waals surface area contributed by atoms with Crippen LogP contribution in [0.4, 0.5) is 24.5 Å². The second-order valence-corrected chi connectivity index (χ2v) is 6.00. The number of benzene rings is 2. The number of nitrogens with one attached hydrogen (secondary N) is 2. The van der Waals surface area contributed by atoms with Gasteiger partial charge in [0.2, 0.25) is 5.91 Å². The van der Waals surface area contributed by atoms with Crippen molar-refractivity contribution in [2.45, 2.75) is 20.0 Å². The number of hydrogen-bond donors (Lipinski definition) is 2. The van der Waals surface area contributed by atoms with Gasteiger partial charge in [0.1, 0.15) is 0 Å². The zero-order valence-corrected chi connectivity index (χ0v) is 15.6. The molecule has 0 radical (unpaired) electrons. The van der Waals surface area contributed by atoms with Gasteiger partial charge in [0.05, 0.1) is 17.7 Å². The Hall–Kier alpha value is -3.03. The lowest BCUT2D eigenvalue weighted by Crippen LogP contribution is -2.31. The number of rotatable bonds is 7. The van der Waals surface area contributed by atoms with Crippen LogP contribution in [0.15, 0.2) is 48.5 Å². The fourth-order valence-corrected chi connectivity index (χ4v) is 2.63. The molecule has 28 heavy (non-hydrogen) atoms. The molecule has 0 unspecified atom stereocenters. The largest absolute Gasteiger partial charge is 0.416 e. The first-order chi connectivity index (χ1) is 13.3. The van der Waals surface area contributed by atoms with Gasteiger partial charge in [0, 0.05) is 24.5 Å². The zero-order chi connectivity index (χ0) is 20.7. The van der Waals surface area contributed by atoms with Gasteiger partial charge in [-0.15, -0.1) is 0 Å². The van der Waals surface area contributed by atoms with E-state index >= 15 is 0 Å². The first kappa shape index (κ1) is 21.3. The van der Waals surface area contributed by atoms with E-state index in [1.807, 2.05) is 13.8 Å². The average molecular weight is 393 g/mol. The molecule has 0 bridgehead atoms. The summed E-state index contributed by atoms with van der Waals surface area (Å²) in [5, 5.41) is 5.43. The third kappa shape index (κ3) is 5.48. The minimum Gasteiger partial charge on any atom is -0.376 e. The van der Waals surface area contributed by atoms with E-state index in [9.17, 15) is 22.8 Å². The number of amides is 2. The Balaban J connectivity index is 2.01. The highest BCUT2D eigenvalue weighted by Crippen LogP contribution is 2.29. The minimum atomic E-state index is -4.43. The molecule has 0 fully saturated rings. The van der Waals surface area contributed by atoms with Crippen molar-refractivity contribution in [2.75, 3.05) is 30.3 Å². The number of anilines is 2. The number of halogens is 3. The van der Waals surface area contributed by atoms with E-state index in [2.05, 4.69) is 10.6 Å². The van der Waals surface area contributed by atoms with Crippen LogP contribution >= 0.6 is 0 Å². The van der Waals surface area contributed by atoms with E-state index in [1.54, 1.807) is 29.2 Å². The van der Waals surface area contributed by atoms with Crippen LogP contribution in [0.25, 0.3) is 0 Å². The van der Waals surface area contributed by atoms with E-state index in [0.717, 1.165) is 12.1 Å². The molecule has 2 aromatic carbocycles. The number of hydrogen-bond acceptors (Lipinski definition) is 3. The maximum atomic E-state index is 12.6. The van der Waals surface area contributed by atoms with E-state index in [4.69, 9.17) is 0 Å². The molecule has 8 heteroatoms. The van der Waals surface area contributed by atoms with Gasteiger partial charge < -0.3 is 15.5 Å². The van der Waals surface area contributed by atoms with Crippen molar-refractivity contribution >= 4 is 23.2 Å². The molecule has 0 atom stereocenters. The molecule has 0 heterocycles. The van der Waals surface area contributed by atoms with Crippen LogP contribution in [-0.4, -0.2) is 36.3 Å². The van der Waals surface area contributed by atoms with Crippen molar-refractivity contribution in [3.8, 4) is 0 Å². The van der Waals surface area contributed by atoms with Crippen LogP contribution in [0.5, 0.6) is 0 Å². The highest BCUT2D eigenvalue weighted by atomic mass is 19.4. The van der Waals surface area contributed by atoms with Crippen LogP contribution in [0.2, 0.25) is 0 Å². The Kier molecular flexibility index (Phi) is 7.03. The van der Waals surface area contributed by atoms with Crippen LogP contribution in [0, 0.1) is 0 Å². The predicted octanol–water partition coefficient (Wildman–Crippen LogP) is 4.24. The van der Waals surface area contributed by atoms with Gasteiger partial charge in [0.15, 0.2) is 0 Å². The number of carbonyl (C=O) groups excluding carboxylic acids is 2. The summed E-state index contributed by atoms with van der Waals surface area (Å²) in [6.07, 6.45) is -4.43. The fraction of sp³-hybridized carbons (Fsp3) is 0.300. The van der Waals surface area contributed by atoms with E-state index in [0.29, 0.717) is 24.3 Å². The normalized spacial score (nSPS) is 11.0. The maximum absolute atomic E-state index is 12.6. The molecule has 2 aromatic rings. The molecule has 0 aliphatic heterocycles. The van der Waals surface area contributed by atoms with Gasteiger partial charge in [-0.1, -0.05) is 12.1 Å². The minimum absolute atomic E-state index is 0.135. The molecule has 0 aromatic heterocycles. The highest BCUT2D eigenvalue weighted by Gasteiger charge is 2.30. The molecule has 2 N–H and O–H groups in total. The van der Waals surface area contributed by atoms with Gasteiger partial charge in [-0.25, -0.2) is 0 Å². The summed E-state index contributed by atoms with van der Waals surface area (Å²) in [5.41, 5.74) is 0.440. The van der Waals surface area contributed by atoms with E-state index < -0.39 is 17.6 Å². The maximum Gasteiger partial charge on any atom is 0.416 e. The second-order valence-electron chi connectivity index (χ2n) is 6.00. The lowest BCUT2D eigenvalue weighted by atomic mass is 10.1. The second kappa shape index (κ2) is 9.25. The van der Waals surface area contributed by atoms with Crippen molar-refractivity contribution in [1.82, 2.24) is 4.90 Å². The van der Waals surface area contributed by atoms with Crippen molar-refractivity contribution in [2.24, 2.45) is 0 Å². The average Bonchev–Trinajstić information content (AvgIpc) is 2.67. The zero-order valence-electron chi connectivity index (χ0n) is 15.6. The number of nitrogens with zero attached hydrogens (tertiary/aromatic N) is 1. The summed E-state index contributed by atoms with van der Waals surface area (Å²) in [6.45, 7) is 4.77. The third-order valence-corrected chi connectivity index (χ3v) is 4.14. The molecule has 0 aliphatic rings. The molecule has 2 amide bonds. The highest BCUT2D eigenvalue weighted by molar-refractivity contribution is 6.00. The Morgan fingerprint density at radius 3 is 2.14 bits per heavy atom. The van der Waals surface area contributed by atoms with Crippen molar-refractivity contribution in [3.05, 3.63) is 59.7 Å². The van der Waals surface area contributed by atoms with Gasteiger partial charge in [-0.3, -0.25) is 9.59 Å². The molecular weight excluding hydrogens is 371 g/mol. The summed E-state index contributed by atoms with van der Waals surface area (Å²) >= 11 is 0. The standard InChI is InChI=1S/C20H22F3N3O2/c1-3-26(4-2)19(28)16-7-5-6-8-17(16)24-13-18(27)25-15-11-9-14(10-12-15)20(21,22)23/h5-12,24H,3-4,13H2,1-2H3,(H,25,27). The molecule has 0 saturated heterocycles. The number of para-hydroxylation sites is 1. The molecule has 5 nitrogen and oxygen atoms in total. The molecule has 0 saturated carbocycles. The van der Waals surface area contributed by atoms with E-state index in [1.165, 1.54) is 12.1 Å². The third-order valence-electron chi connectivity index (χ3n) is 4.14. The Labute approximate surface area is 161 Å². The van der Waals surface area contributed by atoms with Gasteiger partial charge >= 0.3 is 6.18 Å². The van der Waals surface area contributed by atoms with Crippen LogP contribution in [-0.2, 0) is 11.0 Å². The van der Waals surface area contributed by atoms with Gasteiger partial charge in [-0.05, 0) is 50.2 Å². The molecular formula is C20H22F3N3O2. The lowest BCUT2D eigenvalue weighted by Gasteiger charge is -2.20. The number of alkyl halides is 3. The summed E-state index contributed by atoms with van der Waals surface area (Å²) in [4.78, 5) is 26.3. The smallest absolute Gasteiger partial charge is 0.376 e. The first-order valence-corrected chi connectivity index (χ1v) is 8.85. The van der Waals surface area contributed by atoms with Crippen LogP contribution in [0.3, 0.4) is 0 Å². The number of carbonyl (C=O) groups is 2. The SMILES string of the molecule is CCN(CC)C(=O)c1ccccc1NCC(=O)Nc1ccc(C(F)(F)F)cc1. The predicted molar refractivity (Wildman–Crippen MR) is 102 cm³/mol. The Morgan fingerprint density at radius 2 is 1.57 bits per heavy atom.